The molecule has 1 heterocycles. The van der Waals surface area contributed by atoms with Crippen LogP contribution in [0.1, 0.15) is 24.2 Å². The monoisotopic (exact) mass is 229 g/mol. The molecule has 2 amide bonds. The highest BCUT2D eigenvalue weighted by Crippen LogP contribution is 2.26. The molecule has 4 nitrogen and oxygen atoms in total. The molecule has 1 aliphatic rings. The first-order valence-corrected chi connectivity index (χ1v) is 5.17. The first-order chi connectivity index (χ1) is 8.06. The predicted octanol–water partition coefficient (Wildman–Crippen LogP) is 1.71. The first-order valence-electron chi connectivity index (χ1n) is 5.17. The number of carbonyl (C=O) groups excluding carboxylic acids is 3. The number of hydrogen-bond acceptors (Lipinski definition) is 3. The van der Waals surface area contributed by atoms with E-state index in [1.54, 1.807) is 38.1 Å². The number of carbonyl (C=O) groups is 3. The van der Waals surface area contributed by atoms with Gasteiger partial charge < -0.3 is 0 Å². The van der Waals surface area contributed by atoms with E-state index in [2.05, 4.69) is 0 Å². The largest absolute Gasteiger partial charge is 0.298 e. The molecule has 0 saturated carbocycles. The SMILES string of the molecule is CC1=C(C)C(=O)N(c2ccc(C=O)cc2)C1=O. The van der Waals surface area contributed by atoms with Crippen LogP contribution >= 0.6 is 0 Å². The molecule has 0 bridgehead atoms. The molecule has 17 heavy (non-hydrogen) atoms. The minimum Gasteiger partial charge on any atom is -0.298 e. The second-order valence-electron chi connectivity index (χ2n) is 3.91. The second-order valence-corrected chi connectivity index (χ2v) is 3.91. The van der Waals surface area contributed by atoms with Crippen LogP contribution in [0.15, 0.2) is 35.4 Å². The number of nitrogens with zero attached hydrogens (tertiary/aromatic N) is 1. The van der Waals surface area contributed by atoms with Crippen LogP contribution in [-0.4, -0.2) is 18.1 Å². The zero-order valence-corrected chi connectivity index (χ0v) is 9.56. The molecule has 0 aromatic heterocycles. The fraction of sp³-hybridized carbons (Fsp3) is 0.154. The molecule has 0 fully saturated rings. The Labute approximate surface area is 98.5 Å². The van der Waals surface area contributed by atoms with Crippen molar-refractivity contribution in [2.45, 2.75) is 13.8 Å². The van der Waals surface area contributed by atoms with Crippen LogP contribution in [0, 0.1) is 0 Å². The minimum absolute atomic E-state index is 0.300. The number of amides is 2. The van der Waals surface area contributed by atoms with Gasteiger partial charge in [0.25, 0.3) is 11.8 Å². The Morgan fingerprint density at radius 2 is 1.41 bits per heavy atom. The van der Waals surface area contributed by atoms with Crippen molar-refractivity contribution in [2.75, 3.05) is 4.90 Å². The van der Waals surface area contributed by atoms with E-state index in [1.807, 2.05) is 0 Å². The fourth-order valence-electron chi connectivity index (χ4n) is 1.68. The van der Waals surface area contributed by atoms with Crippen LogP contribution < -0.4 is 4.90 Å². The molecule has 0 spiro atoms. The summed E-state index contributed by atoms with van der Waals surface area (Å²) in [6.07, 6.45) is 0.714. The quantitative estimate of drug-likeness (QED) is 0.573. The molecule has 1 aliphatic heterocycles. The third-order valence-electron chi connectivity index (χ3n) is 2.90. The molecule has 2 rings (SSSR count). The van der Waals surface area contributed by atoms with Crippen LogP contribution in [0.2, 0.25) is 0 Å². The summed E-state index contributed by atoms with van der Waals surface area (Å²) in [5.41, 5.74) is 1.93. The highest BCUT2D eigenvalue weighted by molar-refractivity contribution is 6.32. The normalized spacial score (nSPS) is 15.8. The molecule has 0 N–H and O–H groups in total. The number of aldehydes is 1. The van der Waals surface area contributed by atoms with Gasteiger partial charge in [-0.1, -0.05) is 0 Å². The summed E-state index contributed by atoms with van der Waals surface area (Å²) >= 11 is 0. The summed E-state index contributed by atoms with van der Waals surface area (Å²) in [5.74, 6) is -0.599. The number of rotatable bonds is 2. The third-order valence-corrected chi connectivity index (χ3v) is 2.90. The number of benzene rings is 1. The van der Waals surface area contributed by atoms with Crippen molar-refractivity contribution in [3.8, 4) is 0 Å². The maximum absolute atomic E-state index is 11.9. The topological polar surface area (TPSA) is 54.5 Å². The van der Waals surface area contributed by atoms with Crippen LogP contribution in [0.5, 0.6) is 0 Å². The summed E-state index contributed by atoms with van der Waals surface area (Å²) in [4.78, 5) is 35.4. The van der Waals surface area contributed by atoms with Gasteiger partial charge in [0.2, 0.25) is 0 Å². The van der Waals surface area contributed by atoms with Crippen molar-refractivity contribution in [3.63, 3.8) is 0 Å². The van der Waals surface area contributed by atoms with E-state index >= 15 is 0 Å². The molecule has 1 aromatic carbocycles. The lowest BCUT2D eigenvalue weighted by molar-refractivity contribution is -0.120. The van der Waals surface area contributed by atoms with Crippen LogP contribution in [0.25, 0.3) is 0 Å². The molecule has 0 unspecified atom stereocenters. The van der Waals surface area contributed by atoms with E-state index in [0.717, 1.165) is 4.90 Å². The Bertz CT molecular complexity index is 516. The summed E-state index contributed by atoms with van der Waals surface area (Å²) in [6.45, 7) is 3.27. The van der Waals surface area contributed by atoms with Gasteiger partial charge in [0.05, 0.1) is 5.69 Å². The predicted molar refractivity (Wildman–Crippen MR) is 62.7 cm³/mol. The van der Waals surface area contributed by atoms with Gasteiger partial charge in [-0.05, 0) is 38.1 Å². The number of anilines is 1. The molecule has 0 radical (unpaired) electrons. The van der Waals surface area contributed by atoms with Gasteiger partial charge in [0.15, 0.2) is 0 Å². The lowest BCUT2D eigenvalue weighted by Gasteiger charge is -2.14. The summed E-state index contributed by atoms with van der Waals surface area (Å²) in [7, 11) is 0. The highest BCUT2D eigenvalue weighted by atomic mass is 16.2. The Kier molecular flexibility index (Phi) is 2.63. The van der Waals surface area contributed by atoms with Gasteiger partial charge in [-0.25, -0.2) is 4.90 Å². The average Bonchev–Trinajstić information content (AvgIpc) is 2.54. The van der Waals surface area contributed by atoms with E-state index in [4.69, 9.17) is 0 Å². The first kappa shape index (κ1) is 11.3. The van der Waals surface area contributed by atoms with Crippen molar-refractivity contribution in [3.05, 3.63) is 41.0 Å². The van der Waals surface area contributed by atoms with Crippen LogP contribution in [-0.2, 0) is 9.59 Å². The summed E-state index contributed by atoms with van der Waals surface area (Å²) in [6, 6.07) is 6.33. The van der Waals surface area contributed by atoms with E-state index < -0.39 is 0 Å². The Hall–Kier alpha value is -2.23. The van der Waals surface area contributed by atoms with Gasteiger partial charge in [-0.2, -0.15) is 0 Å². The molecular weight excluding hydrogens is 218 g/mol. The van der Waals surface area contributed by atoms with Crippen molar-refractivity contribution in [2.24, 2.45) is 0 Å². The maximum Gasteiger partial charge on any atom is 0.261 e. The zero-order valence-electron chi connectivity index (χ0n) is 9.56. The van der Waals surface area contributed by atoms with Gasteiger partial charge in [-0.3, -0.25) is 14.4 Å². The Morgan fingerprint density at radius 1 is 0.941 bits per heavy atom. The van der Waals surface area contributed by atoms with Crippen molar-refractivity contribution in [1.82, 2.24) is 0 Å². The molecule has 4 heteroatoms. The summed E-state index contributed by atoms with van der Waals surface area (Å²) in [5, 5.41) is 0. The lowest BCUT2D eigenvalue weighted by atomic mass is 10.2. The van der Waals surface area contributed by atoms with Crippen LogP contribution in [0.4, 0.5) is 5.69 Å². The van der Waals surface area contributed by atoms with Crippen molar-refractivity contribution >= 4 is 23.8 Å². The smallest absolute Gasteiger partial charge is 0.261 e. The molecular formula is C13H11NO3. The average molecular weight is 229 g/mol. The molecule has 86 valence electrons. The van der Waals surface area contributed by atoms with Crippen LogP contribution in [0.3, 0.4) is 0 Å². The number of hydrogen-bond donors (Lipinski definition) is 0. The van der Waals surface area contributed by atoms with Gasteiger partial charge in [-0.15, -0.1) is 0 Å². The minimum atomic E-state index is -0.300. The van der Waals surface area contributed by atoms with Crippen molar-refractivity contribution < 1.29 is 14.4 Å². The molecule has 0 aliphatic carbocycles. The van der Waals surface area contributed by atoms with Crippen molar-refractivity contribution in [1.29, 1.82) is 0 Å². The Morgan fingerprint density at radius 3 is 1.82 bits per heavy atom. The van der Waals surface area contributed by atoms with E-state index in [1.165, 1.54) is 0 Å². The highest BCUT2D eigenvalue weighted by Gasteiger charge is 2.34. The lowest BCUT2D eigenvalue weighted by Crippen LogP contribution is -2.31. The Balaban J connectivity index is 2.39. The van der Waals surface area contributed by atoms with E-state index in [9.17, 15) is 14.4 Å². The maximum atomic E-state index is 11.9. The molecule has 0 atom stereocenters. The zero-order chi connectivity index (χ0) is 12.6. The van der Waals surface area contributed by atoms with Gasteiger partial charge in [0, 0.05) is 16.7 Å². The van der Waals surface area contributed by atoms with Gasteiger partial charge >= 0.3 is 0 Å². The summed E-state index contributed by atoms with van der Waals surface area (Å²) < 4.78 is 0. The van der Waals surface area contributed by atoms with E-state index in [0.29, 0.717) is 28.7 Å². The van der Waals surface area contributed by atoms with Gasteiger partial charge in [0.1, 0.15) is 6.29 Å². The van der Waals surface area contributed by atoms with E-state index in [-0.39, 0.29) is 11.8 Å². The third kappa shape index (κ3) is 1.67. The molecule has 0 saturated heterocycles. The fourth-order valence-corrected chi connectivity index (χ4v) is 1.68. The number of imide groups is 1. The molecule has 1 aromatic rings. The standard InChI is InChI=1S/C13H11NO3/c1-8-9(2)13(17)14(12(8)16)11-5-3-10(7-15)4-6-11/h3-7H,1-2H3. The second kappa shape index (κ2) is 3.97.